The van der Waals surface area contributed by atoms with E-state index in [1.54, 1.807) is 13.8 Å². The first kappa shape index (κ1) is 24.1. The Kier molecular flexibility index (Phi) is 7.92. The number of rotatable bonds is 9. The van der Waals surface area contributed by atoms with Crippen LogP contribution in [0.4, 0.5) is 8.78 Å². The zero-order chi connectivity index (χ0) is 24.0. The summed E-state index contributed by atoms with van der Waals surface area (Å²) in [7, 11) is 0. The molecule has 1 heterocycles. The molecular formula is C25H28F2N4O2. The molecule has 0 aliphatic heterocycles. The van der Waals surface area contributed by atoms with Crippen molar-refractivity contribution in [1.82, 2.24) is 20.4 Å². The Morgan fingerprint density at radius 1 is 1.03 bits per heavy atom. The summed E-state index contributed by atoms with van der Waals surface area (Å²) in [4.78, 5) is 25.1. The third-order valence-corrected chi connectivity index (χ3v) is 5.37. The van der Waals surface area contributed by atoms with Gasteiger partial charge in [-0.2, -0.15) is 5.10 Å². The number of hydrogen-bond acceptors (Lipinski definition) is 3. The first-order valence-electron chi connectivity index (χ1n) is 10.9. The van der Waals surface area contributed by atoms with Gasteiger partial charge in [-0.3, -0.25) is 9.59 Å². The lowest BCUT2D eigenvalue weighted by Crippen LogP contribution is -2.50. The van der Waals surface area contributed by atoms with Gasteiger partial charge in [0, 0.05) is 12.7 Å². The average Bonchev–Trinajstić information content (AvgIpc) is 3.15. The lowest BCUT2D eigenvalue weighted by molar-refractivity contribution is -0.123. The fourth-order valence-corrected chi connectivity index (χ4v) is 3.52. The molecule has 8 heteroatoms. The summed E-state index contributed by atoms with van der Waals surface area (Å²) >= 11 is 0. The van der Waals surface area contributed by atoms with Gasteiger partial charge < -0.3 is 10.6 Å². The Bertz CT molecular complexity index is 1090. The minimum atomic E-state index is -0.971. The lowest BCUT2D eigenvalue weighted by Gasteiger charge is -2.22. The van der Waals surface area contributed by atoms with Crippen LogP contribution in [0, 0.1) is 24.5 Å². The van der Waals surface area contributed by atoms with Crippen LogP contribution in [-0.2, 0) is 11.2 Å². The normalized spacial score (nSPS) is 11.9. The van der Waals surface area contributed by atoms with Crippen LogP contribution in [0.2, 0.25) is 0 Å². The fraction of sp³-hybridized carbons (Fsp3) is 0.320. The molecule has 3 aromatic rings. The molecule has 2 aromatic carbocycles. The van der Waals surface area contributed by atoms with Crippen LogP contribution in [0.3, 0.4) is 0 Å². The van der Waals surface area contributed by atoms with E-state index in [2.05, 4.69) is 15.7 Å². The maximum Gasteiger partial charge on any atom is 0.257 e. The Balaban J connectivity index is 1.54. The topological polar surface area (TPSA) is 76.0 Å². The Morgan fingerprint density at radius 3 is 2.33 bits per heavy atom. The number of benzene rings is 2. The van der Waals surface area contributed by atoms with Gasteiger partial charge in [-0.15, -0.1) is 0 Å². The number of halogens is 2. The molecule has 0 unspecified atom stereocenters. The smallest absolute Gasteiger partial charge is 0.257 e. The van der Waals surface area contributed by atoms with Gasteiger partial charge >= 0.3 is 0 Å². The van der Waals surface area contributed by atoms with Crippen LogP contribution in [-0.4, -0.2) is 34.2 Å². The molecule has 0 saturated heterocycles. The quantitative estimate of drug-likeness (QED) is 0.481. The highest BCUT2D eigenvalue weighted by Gasteiger charge is 2.27. The van der Waals surface area contributed by atoms with E-state index < -0.39 is 35.1 Å². The summed E-state index contributed by atoms with van der Waals surface area (Å²) < 4.78 is 29.6. The first-order valence-corrected chi connectivity index (χ1v) is 10.9. The number of carbonyl (C=O) groups excluding carboxylic acids is 2. The molecule has 1 atom stereocenters. The standard InChI is InChI=1S/C25H28F2N4O2/c1-16(2)23(29-24(32)22-20(26)12-7-13-21(22)27)25(33)28-14-8-9-18-15-31(30-17(18)3)19-10-5-4-6-11-19/h4-7,10-13,15-16,23H,8-9,14H2,1-3H3,(H,28,33)(H,29,32)/t23-/m0/s1. The third-order valence-electron chi connectivity index (χ3n) is 5.37. The molecule has 0 aliphatic rings. The van der Waals surface area contributed by atoms with Crippen molar-refractivity contribution in [2.75, 3.05) is 6.54 Å². The molecule has 1 aromatic heterocycles. The summed E-state index contributed by atoms with van der Waals surface area (Å²) in [5, 5.41) is 9.81. The summed E-state index contributed by atoms with van der Waals surface area (Å²) in [5.41, 5.74) is 2.28. The molecular weight excluding hydrogens is 426 g/mol. The maximum absolute atomic E-state index is 13.9. The molecule has 0 spiro atoms. The number of nitrogens with zero attached hydrogens (tertiary/aromatic N) is 2. The van der Waals surface area contributed by atoms with E-state index in [9.17, 15) is 18.4 Å². The Labute approximate surface area is 192 Å². The molecule has 6 nitrogen and oxygen atoms in total. The second-order valence-corrected chi connectivity index (χ2v) is 8.21. The van der Waals surface area contributed by atoms with Crippen molar-refractivity contribution in [2.45, 2.75) is 39.7 Å². The molecule has 2 amide bonds. The van der Waals surface area contributed by atoms with Crippen molar-refractivity contribution < 1.29 is 18.4 Å². The van der Waals surface area contributed by atoms with Crippen molar-refractivity contribution in [3.63, 3.8) is 0 Å². The summed E-state index contributed by atoms with van der Waals surface area (Å²) in [6.45, 7) is 5.84. The third kappa shape index (κ3) is 6.03. The maximum atomic E-state index is 13.9. The molecule has 0 fully saturated rings. The summed E-state index contributed by atoms with van der Waals surface area (Å²) in [6.07, 6.45) is 3.37. The van der Waals surface area contributed by atoms with Crippen LogP contribution in [0.15, 0.2) is 54.7 Å². The second kappa shape index (κ2) is 10.8. The van der Waals surface area contributed by atoms with E-state index >= 15 is 0 Å². The van der Waals surface area contributed by atoms with Gasteiger partial charge in [0.2, 0.25) is 5.91 Å². The number of amides is 2. The van der Waals surface area contributed by atoms with Crippen molar-refractivity contribution in [3.8, 4) is 5.69 Å². The number of nitrogens with one attached hydrogen (secondary N) is 2. The van der Waals surface area contributed by atoms with E-state index in [0.29, 0.717) is 13.0 Å². The van der Waals surface area contributed by atoms with Gasteiger partial charge in [0.15, 0.2) is 0 Å². The zero-order valence-corrected chi connectivity index (χ0v) is 18.9. The van der Waals surface area contributed by atoms with Gasteiger partial charge in [0.05, 0.1) is 11.4 Å². The molecule has 0 saturated carbocycles. The highest BCUT2D eigenvalue weighted by Crippen LogP contribution is 2.15. The van der Waals surface area contributed by atoms with Gasteiger partial charge in [0.1, 0.15) is 23.2 Å². The Morgan fingerprint density at radius 2 is 1.70 bits per heavy atom. The number of carbonyl (C=O) groups is 2. The fourth-order valence-electron chi connectivity index (χ4n) is 3.52. The van der Waals surface area contributed by atoms with E-state index in [-0.39, 0.29) is 5.92 Å². The monoisotopic (exact) mass is 454 g/mol. The molecule has 3 rings (SSSR count). The molecule has 174 valence electrons. The van der Waals surface area contributed by atoms with Crippen LogP contribution in [0.5, 0.6) is 0 Å². The second-order valence-electron chi connectivity index (χ2n) is 8.21. The van der Waals surface area contributed by atoms with Crippen LogP contribution in [0.25, 0.3) is 5.69 Å². The van der Waals surface area contributed by atoms with Gasteiger partial charge in [-0.25, -0.2) is 13.5 Å². The van der Waals surface area contributed by atoms with Crippen molar-refractivity contribution in [2.24, 2.45) is 5.92 Å². The molecule has 0 aliphatic carbocycles. The van der Waals surface area contributed by atoms with E-state index in [0.717, 1.165) is 35.5 Å². The lowest BCUT2D eigenvalue weighted by atomic mass is 10.0. The van der Waals surface area contributed by atoms with Crippen molar-refractivity contribution in [1.29, 1.82) is 0 Å². The van der Waals surface area contributed by atoms with Gasteiger partial charge in [-0.05, 0) is 55.5 Å². The first-order chi connectivity index (χ1) is 15.8. The minimum absolute atomic E-state index is 0.268. The van der Waals surface area contributed by atoms with Gasteiger partial charge in [-0.1, -0.05) is 38.1 Å². The van der Waals surface area contributed by atoms with E-state index in [1.165, 1.54) is 6.07 Å². The largest absolute Gasteiger partial charge is 0.354 e. The molecule has 33 heavy (non-hydrogen) atoms. The highest BCUT2D eigenvalue weighted by molar-refractivity contribution is 5.98. The highest BCUT2D eigenvalue weighted by atomic mass is 19.1. The number of para-hydroxylation sites is 1. The predicted molar refractivity (Wildman–Crippen MR) is 122 cm³/mol. The summed E-state index contributed by atoms with van der Waals surface area (Å²) in [5.74, 6) is -3.56. The van der Waals surface area contributed by atoms with Crippen LogP contribution < -0.4 is 10.6 Å². The SMILES string of the molecule is Cc1nn(-c2ccccc2)cc1CCCNC(=O)[C@@H](NC(=O)c1c(F)cccc1F)C(C)C. The summed E-state index contributed by atoms with van der Waals surface area (Å²) in [6, 6.07) is 12.1. The van der Waals surface area contributed by atoms with Crippen LogP contribution >= 0.6 is 0 Å². The average molecular weight is 455 g/mol. The van der Waals surface area contributed by atoms with E-state index in [1.807, 2.05) is 48.1 Å². The Hall–Kier alpha value is -3.55. The number of aromatic nitrogens is 2. The van der Waals surface area contributed by atoms with Gasteiger partial charge in [0.25, 0.3) is 5.91 Å². The van der Waals surface area contributed by atoms with Crippen molar-refractivity contribution >= 4 is 11.8 Å². The molecule has 2 N–H and O–H groups in total. The molecule has 0 radical (unpaired) electrons. The zero-order valence-electron chi connectivity index (χ0n) is 18.9. The number of aryl methyl sites for hydroxylation is 2. The van der Waals surface area contributed by atoms with Crippen molar-refractivity contribution in [3.05, 3.63) is 83.2 Å². The van der Waals surface area contributed by atoms with E-state index in [4.69, 9.17) is 0 Å². The number of hydrogen-bond donors (Lipinski definition) is 2. The predicted octanol–water partition coefficient (Wildman–Crippen LogP) is 3.96. The minimum Gasteiger partial charge on any atom is -0.354 e. The molecule has 0 bridgehead atoms. The van der Waals surface area contributed by atoms with Crippen LogP contribution in [0.1, 0.15) is 41.9 Å².